The van der Waals surface area contributed by atoms with Crippen molar-refractivity contribution in [2.24, 2.45) is 0 Å². The molecule has 1 N–H and O–H groups in total. The van der Waals surface area contributed by atoms with Gasteiger partial charge >= 0.3 is 5.97 Å². The fourth-order valence-electron chi connectivity index (χ4n) is 3.11. The molecule has 1 aromatic rings. The number of aliphatic carboxylic acids is 1. The molecule has 0 radical (unpaired) electrons. The zero-order valence-electron chi connectivity index (χ0n) is 14.7. The fourth-order valence-corrected chi connectivity index (χ4v) is 3.11. The Labute approximate surface area is 142 Å². The van der Waals surface area contributed by atoms with Crippen LogP contribution in [0.5, 0.6) is 17.2 Å². The number of hydrogen-bond acceptors (Lipinski definition) is 6. The summed E-state index contributed by atoms with van der Waals surface area (Å²) in [6.07, 6.45) is 0. The van der Waals surface area contributed by atoms with Crippen molar-refractivity contribution in [2.75, 3.05) is 54.1 Å². The smallest absolute Gasteiger partial charge is 0.325 e. The van der Waals surface area contributed by atoms with Gasteiger partial charge in [-0.1, -0.05) is 6.92 Å². The minimum absolute atomic E-state index is 0.462. The van der Waals surface area contributed by atoms with Crippen molar-refractivity contribution in [3.8, 4) is 17.2 Å². The van der Waals surface area contributed by atoms with Gasteiger partial charge in [0.15, 0.2) is 11.5 Å². The largest absolute Gasteiger partial charge is 0.493 e. The average Bonchev–Trinajstić information content (AvgIpc) is 2.61. The maximum Gasteiger partial charge on any atom is 0.325 e. The summed E-state index contributed by atoms with van der Waals surface area (Å²) in [4.78, 5) is 16.2. The number of carboxylic acid groups (broad SMARTS) is 1. The van der Waals surface area contributed by atoms with Crippen LogP contribution >= 0.6 is 0 Å². The molecule has 0 spiro atoms. The van der Waals surface area contributed by atoms with Gasteiger partial charge < -0.3 is 24.2 Å². The van der Waals surface area contributed by atoms with Crippen LogP contribution in [0.3, 0.4) is 0 Å². The first-order chi connectivity index (χ1) is 11.5. The number of carbonyl (C=O) groups is 1. The molecule has 0 bridgehead atoms. The molecule has 24 heavy (non-hydrogen) atoms. The summed E-state index contributed by atoms with van der Waals surface area (Å²) >= 11 is 0. The number of benzene rings is 1. The number of rotatable bonds is 7. The summed E-state index contributed by atoms with van der Waals surface area (Å²) in [7, 11) is 4.58. The summed E-state index contributed by atoms with van der Waals surface area (Å²) in [5.74, 6) is 0.508. The Morgan fingerprint density at radius 1 is 1.08 bits per heavy atom. The average molecular weight is 338 g/mol. The van der Waals surface area contributed by atoms with Crippen molar-refractivity contribution >= 4 is 5.97 Å². The highest BCUT2D eigenvalue weighted by atomic mass is 16.5. The zero-order valence-corrected chi connectivity index (χ0v) is 14.7. The molecule has 0 aliphatic carbocycles. The van der Waals surface area contributed by atoms with Crippen LogP contribution in [0.15, 0.2) is 12.1 Å². The van der Waals surface area contributed by atoms with E-state index in [2.05, 4.69) is 11.8 Å². The van der Waals surface area contributed by atoms with Crippen LogP contribution in [0.1, 0.15) is 18.5 Å². The minimum Gasteiger partial charge on any atom is -0.493 e. The lowest BCUT2D eigenvalue weighted by molar-refractivity contribution is -0.144. The molecule has 0 aromatic heterocycles. The van der Waals surface area contributed by atoms with E-state index >= 15 is 0 Å². The van der Waals surface area contributed by atoms with E-state index in [9.17, 15) is 9.90 Å². The van der Waals surface area contributed by atoms with E-state index in [1.807, 2.05) is 4.90 Å². The standard InChI is InChI=1S/C17H26N2O5/c1-5-18-6-8-19(9-7-18)15(17(20)21)12-10-13(22-2)16(24-4)14(11-12)23-3/h10-11,15H,5-9H2,1-4H3,(H,20,21). The van der Waals surface area contributed by atoms with Crippen LogP contribution in [0.25, 0.3) is 0 Å². The summed E-state index contributed by atoms with van der Waals surface area (Å²) in [5.41, 5.74) is 0.627. The molecular weight excluding hydrogens is 312 g/mol. The molecule has 1 aliphatic rings. The molecule has 7 heteroatoms. The molecule has 1 aromatic carbocycles. The fraction of sp³-hybridized carbons (Fsp3) is 0.588. The van der Waals surface area contributed by atoms with E-state index in [1.54, 1.807) is 12.1 Å². The Kier molecular flexibility index (Phi) is 6.28. The van der Waals surface area contributed by atoms with E-state index in [1.165, 1.54) is 21.3 Å². The van der Waals surface area contributed by atoms with Crippen LogP contribution in [-0.4, -0.2) is 74.9 Å². The van der Waals surface area contributed by atoms with Gasteiger partial charge in [-0.3, -0.25) is 9.69 Å². The van der Waals surface area contributed by atoms with Gasteiger partial charge in [0, 0.05) is 26.2 Å². The first-order valence-electron chi connectivity index (χ1n) is 8.04. The monoisotopic (exact) mass is 338 g/mol. The van der Waals surface area contributed by atoms with Gasteiger partial charge in [-0.05, 0) is 24.2 Å². The first kappa shape index (κ1) is 18.4. The minimum atomic E-state index is -0.880. The van der Waals surface area contributed by atoms with Crippen LogP contribution in [-0.2, 0) is 4.79 Å². The van der Waals surface area contributed by atoms with Gasteiger partial charge in [-0.2, -0.15) is 0 Å². The van der Waals surface area contributed by atoms with Crippen molar-refractivity contribution in [2.45, 2.75) is 13.0 Å². The second-order valence-electron chi connectivity index (χ2n) is 5.67. The number of carboxylic acids is 1. The highest BCUT2D eigenvalue weighted by molar-refractivity contribution is 5.76. The lowest BCUT2D eigenvalue weighted by Crippen LogP contribution is -2.49. The van der Waals surface area contributed by atoms with Gasteiger partial charge in [-0.15, -0.1) is 0 Å². The van der Waals surface area contributed by atoms with E-state index in [-0.39, 0.29) is 0 Å². The number of methoxy groups -OCH3 is 3. The maximum atomic E-state index is 11.9. The van der Waals surface area contributed by atoms with E-state index in [4.69, 9.17) is 14.2 Å². The first-order valence-corrected chi connectivity index (χ1v) is 8.04. The highest BCUT2D eigenvalue weighted by Gasteiger charge is 2.31. The highest BCUT2D eigenvalue weighted by Crippen LogP contribution is 2.40. The number of likely N-dealkylation sites (N-methyl/N-ethyl adjacent to an activating group) is 1. The summed E-state index contributed by atoms with van der Waals surface area (Å²) in [5, 5.41) is 9.79. The predicted octanol–water partition coefficient (Wildman–Crippen LogP) is 1.48. The van der Waals surface area contributed by atoms with Crippen molar-refractivity contribution in [1.82, 2.24) is 9.80 Å². The van der Waals surface area contributed by atoms with Crippen molar-refractivity contribution < 1.29 is 24.1 Å². The molecule has 1 atom stereocenters. The second-order valence-corrected chi connectivity index (χ2v) is 5.67. The van der Waals surface area contributed by atoms with Crippen LogP contribution < -0.4 is 14.2 Å². The SMILES string of the molecule is CCN1CCN(C(C(=O)O)c2cc(OC)c(OC)c(OC)c2)CC1. The third kappa shape index (κ3) is 3.73. The molecule has 1 saturated heterocycles. The molecule has 134 valence electrons. The van der Waals surface area contributed by atoms with Gasteiger partial charge in [0.1, 0.15) is 6.04 Å². The van der Waals surface area contributed by atoms with Crippen LogP contribution in [0, 0.1) is 0 Å². The molecule has 7 nitrogen and oxygen atoms in total. The van der Waals surface area contributed by atoms with E-state index in [0.29, 0.717) is 35.9 Å². The molecule has 0 amide bonds. The van der Waals surface area contributed by atoms with Crippen molar-refractivity contribution in [3.05, 3.63) is 17.7 Å². The number of piperazine rings is 1. The molecular formula is C17H26N2O5. The van der Waals surface area contributed by atoms with Crippen molar-refractivity contribution in [1.29, 1.82) is 0 Å². The number of hydrogen-bond donors (Lipinski definition) is 1. The summed E-state index contributed by atoms with van der Waals surface area (Å²) in [6, 6.07) is 2.69. The Balaban J connectivity index is 2.36. The number of nitrogens with zero attached hydrogens (tertiary/aromatic N) is 2. The normalized spacial score (nSPS) is 17.3. The Morgan fingerprint density at radius 2 is 1.62 bits per heavy atom. The van der Waals surface area contributed by atoms with Gasteiger partial charge in [0.25, 0.3) is 0 Å². The second kappa shape index (κ2) is 8.21. The van der Waals surface area contributed by atoms with Gasteiger partial charge in [-0.25, -0.2) is 0 Å². The van der Waals surface area contributed by atoms with E-state index < -0.39 is 12.0 Å². The Hall–Kier alpha value is -1.99. The molecule has 1 fully saturated rings. The third-order valence-corrected chi connectivity index (χ3v) is 4.46. The lowest BCUT2D eigenvalue weighted by Gasteiger charge is -2.37. The lowest BCUT2D eigenvalue weighted by atomic mass is 10.0. The van der Waals surface area contributed by atoms with Crippen LogP contribution in [0.2, 0.25) is 0 Å². The van der Waals surface area contributed by atoms with E-state index in [0.717, 1.165) is 19.6 Å². The molecule has 2 rings (SSSR count). The van der Waals surface area contributed by atoms with Crippen LogP contribution in [0.4, 0.5) is 0 Å². The summed E-state index contributed by atoms with van der Waals surface area (Å²) in [6.45, 7) is 6.25. The molecule has 0 saturated carbocycles. The third-order valence-electron chi connectivity index (χ3n) is 4.46. The van der Waals surface area contributed by atoms with Crippen molar-refractivity contribution in [3.63, 3.8) is 0 Å². The zero-order chi connectivity index (χ0) is 17.7. The molecule has 1 heterocycles. The molecule has 1 aliphatic heterocycles. The Morgan fingerprint density at radius 3 is 2.00 bits per heavy atom. The summed E-state index contributed by atoms with van der Waals surface area (Å²) < 4.78 is 16.0. The molecule has 1 unspecified atom stereocenters. The van der Waals surface area contributed by atoms with Gasteiger partial charge in [0.05, 0.1) is 21.3 Å². The maximum absolute atomic E-state index is 11.9. The quantitative estimate of drug-likeness (QED) is 0.807. The number of ether oxygens (including phenoxy) is 3. The Bertz CT molecular complexity index is 545. The van der Waals surface area contributed by atoms with Gasteiger partial charge in [0.2, 0.25) is 5.75 Å². The predicted molar refractivity (Wildman–Crippen MR) is 90.2 cm³/mol. The topological polar surface area (TPSA) is 71.5 Å².